The highest BCUT2D eigenvalue weighted by atomic mass is 16.1. The van der Waals surface area contributed by atoms with E-state index >= 15 is 0 Å². The molecule has 0 saturated heterocycles. The van der Waals surface area contributed by atoms with Crippen LogP contribution in [-0.4, -0.2) is 6.29 Å². The summed E-state index contributed by atoms with van der Waals surface area (Å²) in [7, 11) is 0. The van der Waals surface area contributed by atoms with Gasteiger partial charge in [-0.1, -0.05) is 44.4 Å². The Morgan fingerprint density at radius 1 is 1.35 bits per heavy atom. The van der Waals surface area contributed by atoms with Crippen molar-refractivity contribution in [1.29, 1.82) is 0 Å². The molecule has 1 aromatic rings. The topological polar surface area (TPSA) is 17.1 Å². The summed E-state index contributed by atoms with van der Waals surface area (Å²) in [6, 6.07) is 6.09. The molecule has 2 atom stereocenters. The molecule has 0 aliphatic heterocycles. The molecule has 0 heterocycles. The van der Waals surface area contributed by atoms with Crippen molar-refractivity contribution in [3.8, 4) is 0 Å². The lowest BCUT2D eigenvalue weighted by atomic mass is 9.75. The number of aryl methyl sites for hydroxylation is 1. The van der Waals surface area contributed by atoms with Crippen molar-refractivity contribution >= 4 is 6.29 Å². The average molecular weight is 230 g/mol. The number of carbonyl (C=O) groups is 1. The van der Waals surface area contributed by atoms with Crippen LogP contribution in [0.2, 0.25) is 0 Å². The molecule has 2 rings (SSSR count). The van der Waals surface area contributed by atoms with E-state index in [1.165, 1.54) is 43.2 Å². The number of benzene rings is 1. The summed E-state index contributed by atoms with van der Waals surface area (Å²) in [5.74, 6) is 1.46. The Labute approximate surface area is 104 Å². The fourth-order valence-corrected chi connectivity index (χ4v) is 3.29. The summed E-state index contributed by atoms with van der Waals surface area (Å²) < 4.78 is 0. The molecule has 1 fully saturated rings. The molecule has 0 radical (unpaired) electrons. The lowest BCUT2D eigenvalue weighted by molar-refractivity contribution is 0.112. The third-order valence-corrected chi connectivity index (χ3v) is 4.25. The minimum absolute atomic E-state index is 0.607. The Kier molecular flexibility index (Phi) is 3.98. The van der Waals surface area contributed by atoms with Gasteiger partial charge in [0.1, 0.15) is 6.29 Å². The maximum atomic E-state index is 11.2. The second-order valence-electron chi connectivity index (χ2n) is 5.33. The molecule has 0 bridgehead atoms. The smallest absolute Gasteiger partial charge is 0.150 e. The Bertz CT molecular complexity index is 395. The number of hydrogen-bond acceptors (Lipinski definition) is 1. The fraction of sp³-hybridized carbons (Fsp3) is 0.562. The quantitative estimate of drug-likeness (QED) is 0.699. The van der Waals surface area contributed by atoms with E-state index in [9.17, 15) is 4.79 Å². The Balaban J connectivity index is 2.29. The molecule has 0 spiro atoms. The molecular formula is C16H22O. The second-order valence-corrected chi connectivity index (χ2v) is 5.33. The first-order valence-electron chi connectivity index (χ1n) is 6.81. The molecule has 17 heavy (non-hydrogen) atoms. The molecule has 2 unspecified atom stereocenters. The van der Waals surface area contributed by atoms with Gasteiger partial charge in [-0.25, -0.2) is 0 Å². The van der Waals surface area contributed by atoms with Crippen LogP contribution in [0.5, 0.6) is 0 Å². The molecule has 1 aliphatic carbocycles. The van der Waals surface area contributed by atoms with E-state index in [-0.39, 0.29) is 0 Å². The highest BCUT2D eigenvalue weighted by Crippen LogP contribution is 2.39. The van der Waals surface area contributed by atoms with Crippen LogP contribution < -0.4 is 0 Å². The van der Waals surface area contributed by atoms with Gasteiger partial charge in [0.15, 0.2) is 0 Å². The normalized spacial score (nSPS) is 24.6. The van der Waals surface area contributed by atoms with Crippen molar-refractivity contribution in [1.82, 2.24) is 0 Å². The second kappa shape index (κ2) is 5.48. The van der Waals surface area contributed by atoms with E-state index in [0.29, 0.717) is 5.92 Å². The van der Waals surface area contributed by atoms with E-state index in [1.807, 2.05) is 12.1 Å². The summed E-state index contributed by atoms with van der Waals surface area (Å²) in [5, 5.41) is 0. The summed E-state index contributed by atoms with van der Waals surface area (Å²) in [4.78, 5) is 11.2. The van der Waals surface area contributed by atoms with Crippen molar-refractivity contribution < 1.29 is 4.79 Å². The van der Waals surface area contributed by atoms with Crippen LogP contribution in [0.3, 0.4) is 0 Å². The maximum Gasteiger partial charge on any atom is 0.150 e. The summed E-state index contributed by atoms with van der Waals surface area (Å²) in [6.45, 7) is 4.42. The average Bonchev–Trinajstić information content (AvgIpc) is 2.38. The molecule has 0 aromatic heterocycles. The van der Waals surface area contributed by atoms with Crippen molar-refractivity contribution in [2.24, 2.45) is 5.92 Å². The molecule has 1 aliphatic rings. The lowest BCUT2D eigenvalue weighted by Gasteiger charge is -2.30. The van der Waals surface area contributed by atoms with Gasteiger partial charge in [-0.15, -0.1) is 0 Å². The van der Waals surface area contributed by atoms with Crippen LogP contribution in [-0.2, 0) is 0 Å². The van der Waals surface area contributed by atoms with Gasteiger partial charge in [0.05, 0.1) is 0 Å². The zero-order valence-corrected chi connectivity index (χ0v) is 10.9. The molecule has 92 valence electrons. The summed E-state index contributed by atoms with van der Waals surface area (Å²) in [6.07, 6.45) is 7.51. The van der Waals surface area contributed by atoms with E-state index in [1.54, 1.807) is 0 Å². The summed E-state index contributed by atoms with van der Waals surface area (Å²) >= 11 is 0. The number of hydrogen-bond donors (Lipinski definition) is 0. The lowest BCUT2D eigenvalue weighted by Crippen LogP contribution is -2.15. The van der Waals surface area contributed by atoms with Crippen LogP contribution in [0.4, 0.5) is 0 Å². The maximum absolute atomic E-state index is 11.2. The Hall–Kier alpha value is -1.11. The minimum Gasteiger partial charge on any atom is -0.298 e. The predicted octanol–water partition coefficient (Wildman–Crippen LogP) is 4.49. The van der Waals surface area contributed by atoms with E-state index < -0.39 is 0 Å². The SMILES string of the molecule is CCC1CCCC(c2c(C)cccc2C=O)C1. The fourth-order valence-electron chi connectivity index (χ4n) is 3.29. The third-order valence-electron chi connectivity index (χ3n) is 4.25. The highest BCUT2D eigenvalue weighted by Gasteiger charge is 2.24. The van der Waals surface area contributed by atoms with Crippen molar-refractivity contribution in [2.75, 3.05) is 0 Å². The zero-order chi connectivity index (χ0) is 12.3. The monoisotopic (exact) mass is 230 g/mol. The first-order chi connectivity index (χ1) is 8.26. The van der Waals surface area contributed by atoms with Gasteiger partial charge in [0.2, 0.25) is 0 Å². The standard InChI is InChI=1S/C16H22O/c1-3-13-7-5-8-14(10-13)16-12(2)6-4-9-15(16)11-17/h4,6,9,11,13-14H,3,5,7-8,10H2,1-2H3. The molecule has 1 aromatic carbocycles. The third kappa shape index (κ3) is 2.59. The van der Waals surface area contributed by atoms with Crippen molar-refractivity contribution in [2.45, 2.75) is 51.9 Å². The van der Waals surface area contributed by atoms with Crippen LogP contribution in [0.15, 0.2) is 18.2 Å². The number of rotatable bonds is 3. The molecule has 0 N–H and O–H groups in total. The zero-order valence-electron chi connectivity index (χ0n) is 10.9. The Morgan fingerprint density at radius 2 is 2.18 bits per heavy atom. The molecule has 1 heteroatoms. The largest absolute Gasteiger partial charge is 0.298 e. The molecule has 1 saturated carbocycles. The predicted molar refractivity (Wildman–Crippen MR) is 71.6 cm³/mol. The highest BCUT2D eigenvalue weighted by molar-refractivity contribution is 5.78. The van der Waals surface area contributed by atoms with Crippen LogP contribution in [0.1, 0.15) is 66.4 Å². The van der Waals surface area contributed by atoms with E-state index in [0.717, 1.165) is 17.8 Å². The molecule has 0 amide bonds. The van der Waals surface area contributed by atoms with Crippen molar-refractivity contribution in [3.63, 3.8) is 0 Å². The summed E-state index contributed by atoms with van der Waals surface area (Å²) in [5.41, 5.74) is 3.52. The minimum atomic E-state index is 0.607. The van der Waals surface area contributed by atoms with Gasteiger partial charge in [-0.05, 0) is 42.7 Å². The first-order valence-corrected chi connectivity index (χ1v) is 6.81. The Morgan fingerprint density at radius 3 is 2.88 bits per heavy atom. The number of carbonyl (C=O) groups excluding carboxylic acids is 1. The van der Waals surface area contributed by atoms with Crippen LogP contribution in [0, 0.1) is 12.8 Å². The first kappa shape index (κ1) is 12.3. The van der Waals surface area contributed by atoms with Gasteiger partial charge in [0, 0.05) is 5.56 Å². The van der Waals surface area contributed by atoms with Gasteiger partial charge >= 0.3 is 0 Å². The molecule has 1 nitrogen and oxygen atoms in total. The van der Waals surface area contributed by atoms with Gasteiger partial charge < -0.3 is 0 Å². The van der Waals surface area contributed by atoms with Gasteiger partial charge in [-0.2, -0.15) is 0 Å². The van der Waals surface area contributed by atoms with Gasteiger partial charge in [0.25, 0.3) is 0 Å². The number of aldehydes is 1. The van der Waals surface area contributed by atoms with E-state index in [2.05, 4.69) is 19.9 Å². The van der Waals surface area contributed by atoms with Crippen LogP contribution >= 0.6 is 0 Å². The van der Waals surface area contributed by atoms with Crippen molar-refractivity contribution in [3.05, 3.63) is 34.9 Å². The van der Waals surface area contributed by atoms with Gasteiger partial charge in [-0.3, -0.25) is 4.79 Å². The molecular weight excluding hydrogens is 208 g/mol. The van der Waals surface area contributed by atoms with E-state index in [4.69, 9.17) is 0 Å². The van der Waals surface area contributed by atoms with Crippen LogP contribution in [0.25, 0.3) is 0 Å².